The van der Waals surface area contributed by atoms with Crippen LogP contribution < -0.4 is 4.74 Å². The lowest BCUT2D eigenvalue weighted by Gasteiger charge is -2.21. The van der Waals surface area contributed by atoms with Crippen molar-refractivity contribution in [3.8, 4) is 5.75 Å². The highest BCUT2D eigenvalue weighted by atomic mass is 35.5. The Morgan fingerprint density at radius 2 is 2.00 bits per heavy atom. The monoisotopic (exact) mass is 198 g/mol. The van der Waals surface area contributed by atoms with Crippen molar-refractivity contribution < 1.29 is 4.74 Å². The van der Waals surface area contributed by atoms with E-state index in [2.05, 4.69) is 0 Å². The first-order chi connectivity index (χ1) is 6.01. The summed E-state index contributed by atoms with van der Waals surface area (Å²) in [6.07, 6.45) is 0. The van der Waals surface area contributed by atoms with Gasteiger partial charge < -0.3 is 4.74 Å². The van der Waals surface area contributed by atoms with Crippen molar-refractivity contribution in [3.63, 3.8) is 0 Å². The molecule has 1 aromatic rings. The summed E-state index contributed by atoms with van der Waals surface area (Å²) < 4.78 is 5.69. The molecule has 0 aromatic heterocycles. The van der Waals surface area contributed by atoms with Gasteiger partial charge in [0.2, 0.25) is 0 Å². The van der Waals surface area contributed by atoms with Gasteiger partial charge in [0.1, 0.15) is 11.4 Å². The Morgan fingerprint density at radius 3 is 2.54 bits per heavy atom. The van der Waals surface area contributed by atoms with Crippen LogP contribution >= 0.6 is 11.6 Å². The Balaban J connectivity index is 2.78. The lowest BCUT2D eigenvalue weighted by Crippen LogP contribution is -2.22. The zero-order chi connectivity index (χ0) is 9.90. The number of hydrogen-bond acceptors (Lipinski definition) is 1. The fourth-order valence-electron chi connectivity index (χ4n) is 1.05. The Bertz CT molecular complexity index is 276. The van der Waals surface area contributed by atoms with Crippen LogP contribution in [0.25, 0.3) is 0 Å². The maximum Gasteiger partial charge on any atom is 0.120 e. The zero-order valence-corrected chi connectivity index (χ0v) is 9.06. The predicted molar refractivity (Wildman–Crippen MR) is 56.4 cm³/mol. The largest absolute Gasteiger partial charge is 0.488 e. The summed E-state index contributed by atoms with van der Waals surface area (Å²) in [5.74, 6) is 1.41. The molecule has 0 aliphatic carbocycles. The molecule has 0 unspecified atom stereocenters. The minimum absolute atomic E-state index is 0.148. The highest BCUT2D eigenvalue weighted by Crippen LogP contribution is 2.19. The molecule has 1 aromatic carbocycles. The van der Waals surface area contributed by atoms with E-state index in [1.165, 1.54) is 0 Å². The maximum absolute atomic E-state index is 5.71. The van der Waals surface area contributed by atoms with Crippen LogP contribution in [-0.4, -0.2) is 5.60 Å². The van der Waals surface area contributed by atoms with Crippen LogP contribution in [0.3, 0.4) is 0 Å². The number of hydrogen-bond donors (Lipinski definition) is 0. The van der Waals surface area contributed by atoms with Crippen LogP contribution in [0, 0.1) is 0 Å². The second kappa shape index (κ2) is 4.01. The van der Waals surface area contributed by atoms with E-state index < -0.39 is 0 Å². The molecule has 72 valence electrons. The van der Waals surface area contributed by atoms with Crippen LogP contribution in [0.15, 0.2) is 24.3 Å². The quantitative estimate of drug-likeness (QED) is 0.660. The maximum atomic E-state index is 5.71. The van der Waals surface area contributed by atoms with Crippen molar-refractivity contribution >= 4 is 11.6 Å². The second-order valence-corrected chi connectivity index (χ2v) is 4.26. The van der Waals surface area contributed by atoms with Gasteiger partial charge in [-0.15, -0.1) is 11.6 Å². The van der Waals surface area contributed by atoms with Gasteiger partial charge in [-0.05, 0) is 38.5 Å². The molecule has 13 heavy (non-hydrogen) atoms. The fourth-order valence-corrected chi connectivity index (χ4v) is 1.21. The molecule has 0 radical (unpaired) electrons. The Labute approximate surface area is 84.7 Å². The first-order valence-electron chi connectivity index (χ1n) is 4.35. The van der Waals surface area contributed by atoms with Gasteiger partial charge in [0.05, 0.1) is 0 Å². The first-order valence-corrected chi connectivity index (χ1v) is 4.88. The van der Waals surface area contributed by atoms with Crippen LogP contribution in [0.5, 0.6) is 5.75 Å². The van der Waals surface area contributed by atoms with Gasteiger partial charge in [0.25, 0.3) is 0 Å². The molecular formula is C11H15ClO. The van der Waals surface area contributed by atoms with Crippen molar-refractivity contribution in [1.82, 2.24) is 0 Å². The molecule has 0 N–H and O–H groups in total. The number of ether oxygens (including phenoxy) is 1. The molecule has 0 saturated carbocycles. The number of halogens is 1. The first kappa shape index (κ1) is 10.4. The zero-order valence-electron chi connectivity index (χ0n) is 8.30. The summed E-state index contributed by atoms with van der Waals surface area (Å²) in [6, 6.07) is 7.86. The molecule has 0 spiro atoms. The summed E-state index contributed by atoms with van der Waals surface area (Å²) in [4.78, 5) is 0. The van der Waals surface area contributed by atoms with E-state index in [1.807, 2.05) is 45.0 Å². The van der Waals surface area contributed by atoms with E-state index in [0.29, 0.717) is 5.88 Å². The van der Waals surface area contributed by atoms with Gasteiger partial charge in [-0.1, -0.05) is 12.1 Å². The van der Waals surface area contributed by atoms with Crippen LogP contribution in [0.2, 0.25) is 0 Å². The topological polar surface area (TPSA) is 9.23 Å². The summed E-state index contributed by atoms with van der Waals surface area (Å²) in [5, 5.41) is 0. The minimum Gasteiger partial charge on any atom is -0.488 e. The number of benzene rings is 1. The van der Waals surface area contributed by atoms with Crippen LogP contribution in [-0.2, 0) is 5.88 Å². The fraction of sp³-hybridized carbons (Fsp3) is 0.455. The molecule has 1 nitrogen and oxygen atoms in total. The van der Waals surface area contributed by atoms with Crippen molar-refractivity contribution in [2.24, 2.45) is 0 Å². The molecule has 0 aliphatic rings. The SMILES string of the molecule is CC(C)(C)Oc1cccc(CCl)c1. The molecule has 0 atom stereocenters. The van der Waals surface area contributed by atoms with E-state index >= 15 is 0 Å². The van der Waals surface area contributed by atoms with Crippen molar-refractivity contribution in [3.05, 3.63) is 29.8 Å². The lowest BCUT2D eigenvalue weighted by atomic mass is 10.2. The Hall–Kier alpha value is -0.690. The summed E-state index contributed by atoms with van der Waals surface area (Å²) in [5.41, 5.74) is 0.939. The molecule has 0 aliphatic heterocycles. The van der Waals surface area contributed by atoms with Gasteiger partial charge in [-0.25, -0.2) is 0 Å². The summed E-state index contributed by atoms with van der Waals surface area (Å²) in [6.45, 7) is 6.08. The molecule has 1 rings (SSSR count). The van der Waals surface area contributed by atoms with Crippen LogP contribution in [0.4, 0.5) is 0 Å². The van der Waals surface area contributed by atoms with Gasteiger partial charge in [0, 0.05) is 5.88 Å². The van der Waals surface area contributed by atoms with Gasteiger partial charge >= 0.3 is 0 Å². The minimum atomic E-state index is -0.148. The molecule has 0 heterocycles. The smallest absolute Gasteiger partial charge is 0.120 e. The molecule has 0 bridgehead atoms. The van der Waals surface area contributed by atoms with Gasteiger partial charge in [0.15, 0.2) is 0 Å². The van der Waals surface area contributed by atoms with E-state index in [0.717, 1.165) is 11.3 Å². The summed E-state index contributed by atoms with van der Waals surface area (Å²) >= 11 is 5.71. The Morgan fingerprint density at radius 1 is 1.31 bits per heavy atom. The van der Waals surface area contributed by atoms with Gasteiger partial charge in [-0.3, -0.25) is 0 Å². The normalized spacial score (nSPS) is 11.4. The number of rotatable bonds is 2. The third kappa shape index (κ3) is 3.69. The average Bonchev–Trinajstić information content (AvgIpc) is 2.01. The third-order valence-electron chi connectivity index (χ3n) is 1.48. The summed E-state index contributed by atoms with van der Waals surface area (Å²) in [7, 11) is 0. The standard InChI is InChI=1S/C11H15ClO/c1-11(2,3)13-10-6-4-5-9(7-10)8-12/h4-7H,8H2,1-3H3. The molecule has 0 amide bonds. The van der Waals surface area contributed by atoms with Crippen molar-refractivity contribution in [2.75, 3.05) is 0 Å². The highest BCUT2D eigenvalue weighted by molar-refractivity contribution is 6.17. The average molecular weight is 199 g/mol. The molecule has 0 saturated heterocycles. The lowest BCUT2D eigenvalue weighted by molar-refractivity contribution is 0.131. The molecular weight excluding hydrogens is 184 g/mol. The number of alkyl halides is 1. The third-order valence-corrected chi connectivity index (χ3v) is 1.79. The van der Waals surface area contributed by atoms with E-state index in [-0.39, 0.29) is 5.60 Å². The predicted octanol–water partition coefficient (Wildman–Crippen LogP) is 3.60. The Kier molecular flexibility index (Phi) is 3.21. The van der Waals surface area contributed by atoms with E-state index in [1.54, 1.807) is 0 Å². The van der Waals surface area contributed by atoms with Crippen molar-refractivity contribution in [1.29, 1.82) is 0 Å². The second-order valence-electron chi connectivity index (χ2n) is 4.00. The van der Waals surface area contributed by atoms with E-state index in [9.17, 15) is 0 Å². The van der Waals surface area contributed by atoms with E-state index in [4.69, 9.17) is 16.3 Å². The van der Waals surface area contributed by atoms with Gasteiger partial charge in [-0.2, -0.15) is 0 Å². The molecule has 0 fully saturated rings. The van der Waals surface area contributed by atoms with Crippen molar-refractivity contribution in [2.45, 2.75) is 32.3 Å². The highest BCUT2D eigenvalue weighted by Gasteiger charge is 2.11. The molecule has 2 heteroatoms. The van der Waals surface area contributed by atoms with Crippen LogP contribution in [0.1, 0.15) is 26.3 Å².